The van der Waals surface area contributed by atoms with Crippen molar-refractivity contribution in [1.82, 2.24) is 0 Å². The van der Waals surface area contributed by atoms with Gasteiger partial charge in [0.1, 0.15) is 0 Å². The number of fused-ring (bicyclic) bond motifs is 3. The lowest BCUT2D eigenvalue weighted by atomic mass is 9.81. The lowest BCUT2D eigenvalue weighted by Crippen LogP contribution is -2.07. The van der Waals surface area contributed by atoms with Gasteiger partial charge in [-0.2, -0.15) is 0 Å². The highest BCUT2D eigenvalue weighted by Gasteiger charge is 2.30. The smallest absolute Gasteiger partial charge is 0.0237 e. The first kappa shape index (κ1) is 17.3. The molecule has 2 aromatic rings. The standard InChI is InChI=1S/C26H30/c1-16(2)25-22(23-15-19(13-17(23)3)26(4,5)6)12-11-21-20-10-8-7-9-18(20)14-24(21)25/h7-13,15-16,23H,14H2,1-6H3. The molecule has 1 atom stereocenters. The van der Waals surface area contributed by atoms with E-state index in [1.165, 1.54) is 33.4 Å². The lowest BCUT2D eigenvalue weighted by Gasteiger charge is -2.23. The van der Waals surface area contributed by atoms with Crippen LogP contribution in [0.25, 0.3) is 11.1 Å². The van der Waals surface area contributed by atoms with Crippen LogP contribution in [0.5, 0.6) is 0 Å². The quantitative estimate of drug-likeness (QED) is 0.455. The molecular formula is C26H30. The second-order valence-corrected chi connectivity index (χ2v) is 9.32. The summed E-state index contributed by atoms with van der Waals surface area (Å²) < 4.78 is 0. The Balaban J connectivity index is 1.87. The molecule has 1 unspecified atom stereocenters. The van der Waals surface area contributed by atoms with E-state index < -0.39 is 0 Å². The number of benzene rings is 2. The van der Waals surface area contributed by atoms with Crippen LogP contribution < -0.4 is 0 Å². The predicted octanol–water partition coefficient (Wildman–Crippen LogP) is 7.40. The van der Waals surface area contributed by atoms with Crippen molar-refractivity contribution in [2.75, 3.05) is 0 Å². The Kier molecular flexibility index (Phi) is 3.99. The van der Waals surface area contributed by atoms with Gasteiger partial charge < -0.3 is 0 Å². The largest absolute Gasteiger partial charge is 0.0692 e. The molecule has 0 bridgehead atoms. The molecule has 2 aliphatic rings. The van der Waals surface area contributed by atoms with Gasteiger partial charge in [0.15, 0.2) is 0 Å². The number of hydrogen-bond acceptors (Lipinski definition) is 0. The highest BCUT2D eigenvalue weighted by molar-refractivity contribution is 5.79. The molecule has 0 radical (unpaired) electrons. The van der Waals surface area contributed by atoms with E-state index in [9.17, 15) is 0 Å². The molecule has 4 rings (SSSR count). The van der Waals surface area contributed by atoms with Gasteiger partial charge in [0, 0.05) is 5.92 Å². The molecule has 2 aliphatic carbocycles. The summed E-state index contributed by atoms with van der Waals surface area (Å²) in [7, 11) is 0. The Morgan fingerprint density at radius 2 is 1.69 bits per heavy atom. The minimum atomic E-state index is 0.209. The summed E-state index contributed by atoms with van der Waals surface area (Å²) in [6.45, 7) is 13.9. The average Bonchev–Trinajstić information content (AvgIpc) is 3.13. The third kappa shape index (κ3) is 2.67. The maximum Gasteiger partial charge on any atom is 0.0237 e. The highest BCUT2D eigenvalue weighted by Crippen LogP contribution is 2.47. The van der Waals surface area contributed by atoms with Crippen LogP contribution in [0.3, 0.4) is 0 Å². The van der Waals surface area contributed by atoms with Gasteiger partial charge in [0.2, 0.25) is 0 Å². The number of hydrogen-bond donors (Lipinski definition) is 0. The highest BCUT2D eigenvalue weighted by atomic mass is 14.3. The van der Waals surface area contributed by atoms with Gasteiger partial charge >= 0.3 is 0 Å². The molecule has 0 fully saturated rings. The van der Waals surface area contributed by atoms with Crippen molar-refractivity contribution in [3.63, 3.8) is 0 Å². The van der Waals surface area contributed by atoms with Crippen LogP contribution in [-0.4, -0.2) is 0 Å². The summed E-state index contributed by atoms with van der Waals surface area (Å²) in [6.07, 6.45) is 6.00. The molecule has 0 saturated heterocycles. The molecule has 0 nitrogen and oxygen atoms in total. The number of allylic oxidation sites excluding steroid dienone is 4. The SMILES string of the molecule is CC1=CC(C(C)(C)C)=CC1c1ccc2c(c1C(C)C)Cc1ccccc1-2. The molecule has 0 saturated carbocycles. The van der Waals surface area contributed by atoms with E-state index in [1.807, 2.05) is 0 Å². The van der Waals surface area contributed by atoms with E-state index in [1.54, 1.807) is 11.1 Å². The van der Waals surface area contributed by atoms with Gasteiger partial charge in [-0.25, -0.2) is 0 Å². The van der Waals surface area contributed by atoms with E-state index in [2.05, 4.69) is 90.1 Å². The van der Waals surface area contributed by atoms with Gasteiger partial charge in [0.25, 0.3) is 0 Å². The minimum absolute atomic E-state index is 0.209. The number of rotatable bonds is 2. The second kappa shape index (κ2) is 5.98. The zero-order valence-electron chi connectivity index (χ0n) is 17.0. The molecular weight excluding hydrogens is 312 g/mol. The second-order valence-electron chi connectivity index (χ2n) is 9.32. The van der Waals surface area contributed by atoms with Crippen molar-refractivity contribution in [3.05, 3.63) is 82.0 Å². The summed E-state index contributed by atoms with van der Waals surface area (Å²) in [5, 5.41) is 0. The average molecular weight is 343 g/mol. The minimum Gasteiger partial charge on any atom is -0.0692 e. The fraction of sp³-hybridized carbons (Fsp3) is 0.385. The van der Waals surface area contributed by atoms with Crippen LogP contribution in [0, 0.1) is 5.41 Å². The molecule has 0 aromatic heterocycles. The van der Waals surface area contributed by atoms with Crippen LogP contribution >= 0.6 is 0 Å². The van der Waals surface area contributed by atoms with E-state index in [-0.39, 0.29) is 5.41 Å². The molecule has 0 amide bonds. The molecule has 134 valence electrons. The van der Waals surface area contributed by atoms with Crippen molar-refractivity contribution < 1.29 is 0 Å². The Morgan fingerprint density at radius 3 is 2.35 bits per heavy atom. The maximum atomic E-state index is 2.50. The van der Waals surface area contributed by atoms with E-state index >= 15 is 0 Å². The van der Waals surface area contributed by atoms with E-state index in [0.29, 0.717) is 11.8 Å². The van der Waals surface area contributed by atoms with Crippen molar-refractivity contribution in [2.45, 2.75) is 59.8 Å². The monoisotopic (exact) mass is 342 g/mol. The lowest BCUT2D eigenvalue weighted by molar-refractivity contribution is 0.517. The summed E-state index contributed by atoms with van der Waals surface area (Å²) in [5.74, 6) is 0.963. The van der Waals surface area contributed by atoms with Crippen LogP contribution in [0.15, 0.2) is 59.7 Å². The maximum absolute atomic E-state index is 2.50. The van der Waals surface area contributed by atoms with Gasteiger partial charge in [0.05, 0.1) is 0 Å². The van der Waals surface area contributed by atoms with Crippen LogP contribution in [-0.2, 0) is 6.42 Å². The summed E-state index contributed by atoms with van der Waals surface area (Å²) >= 11 is 0. The first-order valence-electron chi connectivity index (χ1n) is 9.92. The first-order valence-corrected chi connectivity index (χ1v) is 9.92. The topological polar surface area (TPSA) is 0 Å². The zero-order chi connectivity index (χ0) is 18.6. The van der Waals surface area contributed by atoms with E-state index in [0.717, 1.165) is 6.42 Å². The summed E-state index contributed by atoms with van der Waals surface area (Å²) in [5.41, 5.74) is 12.2. The Morgan fingerprint density at radius 1 is 0.962 bits per heavy atom. The molecule has 0 heterocycles. The van der Waals surface area contributed by atoms with Gasteiger partial charge in [-0.1, -0.05) is 88.7 Å². The van der Waals surface area contributed by atoms with Gasteiger partial charge in [-0.3, -0.25) is 0 Å². The van der Waals surface area contributed by atoms with Crippen LogP contribution in [0.2, 0.25) is 0 Å². The van der Waals surface area contributed by atoms with Crippen LogP contribution in [0.1, 0.15) is 75.6 Å². The van der Waals surface area contributed by atoms with Crippen molar-refractivity contribution in [3.8, 4) is 11.1 Å². The molecule has 0 aliphatic heterocycles. The third-order valence-corrected chi connectivity index (χ3v) is 6.06. The molecule has 0 heteroatoms. The first-order chi connectivity index (χ1) is 12.3. The molecule has 0 N–H and O–H groups in total. The Hall–Kier alpha value is -2.08. The fourth-order valence-corrected chi connectivity index (χ4v) is 4.70. The molecule has 2 aromatic carbocycles. The van der Waals surface area contributed by atoms with Crippen molar-refractivity contribution in [2.24, 2.45) is 5.41 Å². The summed E-state index contributed by atoms with van der Waals surface area (Å²) in [4.78, 5) is 0. The molecule has 26 heavy (non-hydrogen) atoms. The van der Waals surface area contributed by atoms with Gasteiger partial charge in [-0.15, -0.1) is 0 Å². The Labute approximate surface area is 158 Å². The Bertz CT molecular complexity index is 929. The van der Waals surface area contributed by atoms with Crippen molar-refractivity contribution in [1.29, 1.82) is 0 Å². The van der Waals surface area contributed by atoms with Gasteiger partial charge in [-0.05, 0) is 63.6 Å². The van der Waals surface area contributed by atoms with Crippen molar-refractivity contribution >= 4 is 0 Å². The van der Waals surface area contributed by atoms with E-state index in [4.69, 9.17) is 0 Å². The fourth-order valence-electron chi connectivity index (χ4n) is 4.70. The predicted molar refractivity (Wildman–Crippen MR) is 113 cm³/mol. The zero-order valence-corrected chi connectivity index (χ0v) is 17.0. The normalized spacial score (nSPS) is 18.7. The summed E-state index contributed by atoms with van der Waals surface area (Å²) in [6, 6.07) is 13.7. The third-order valence-electron chi connectivity index (χ3n) is 6.06. The molecule has 0 spiro atoms. The van der Waals surface area contributed by atoms with Crippen LogP contribution in [0.4, 0.5) is 0 Å².